The van der Waals surface area contributed by atoms with E-state index in [1.54, 1.807) is 23.9 Å². The maximum absolute atomic E-state index is 15.3. The Kier molecular flexibility index (Phi) is 26.7. The number of aryl methyl sites for hydroxylation is 2. The third-order valence-corrected chi connectivity index (χ3v) is 18.7. The molecule has 2 aliphatic rings. The number of ketones is 1. The molecule has 3 aromatic rings. The van der Waals surface area contributed by atoms with E-state index < -0.39 is 0 Å². The zero-order chi connectivity index (χ0) is 65.6. The summed E-state index contributed by atoms with van der Waals surface area (Å²) in [4.78, 5) is 51.6. The summed E-state index contributed by atoms with van der Waals surface area (Å²) in [6, 6.07) is 24.0. The first-order valence-corrected chi connectivity index (χ1v) is 34.6. The Balaban J connectivity index is 1.69. The van der Waals surface area contributed by atoms with Gasteiger partial charge in [-0.1, -0.05) is 201 Å². The van der Waals surface area contributed by atoms with Gasteiger partial charge in [0, 0.05) is 73.9 Å². The fourth-order valence-corrected chi connectivity index (χ4v) is 14.5. The topological polar surface area (TPSA) is 84.4 Å². The van der Waals surface area contributed by atoms with Crippen molar-refractivity contribution in [2.45, 2.75) is 247 Å². The molecule has 88 heavy (non-hydrogen) atoms. The van der Waals surface area contributed by atoms with Gasteiger partial charge >= 0.3 is 0 Å². The molecule has 2 amide bonds. The van der Waals surface area contributed by atoms with Crippen molar-refractivity contribution in [3.05, 3.63) is 124 Å². The zero-order valence-electron chi connectivity index (χ0n) is 59.8. The Morgan fingerprint density at radius 2 is 0.989 bits per heavy atom. The van der Waals surface area contributed by atoms with Crippen molar-refractivity contribution in [1.82, 2.24) is 4.90 Å². The summed E-state index contributed by atoms with van der Waals surface area (Å²) >= 11 is 0. The first kappa shape index (κ1) is 73.4. The van der Waals surface area contributed by atoms with Gasteiger partial charge in [0.05, 0.1) is 22.9 Å². The van der Waals surface area contributed by atoms with Crippen LogP contribution >= 0.6 is 0 Å². The summed E-state index contributed by atoms with van der Waals surface area (Å²) in [5.74, 6) is 2.19. The number of carbonyl (C=O) groups is 3. The third-order valence-electron chi connectivity index (χ3n) is 18.7. The maximum Gasteiger partial charge on any atom is 0.226 e. The van der Waals surface area contributed by atoms with Crippen LogP contribution < -0.4 is 14.7 Å². The number of aliphatic hydroxyl groups excluding tert-OH is 1. The molecule has 488 valence electrons. The first-order valence-electron chi connectivity index (χ1n) is 34.6. The minimum atomic E-state index is -0.315. The number of hydrogen-bond acceptors (Lipinski definition) is 6. The molecule has 0 spiro atoms. The van der Waals surface area contributed by atoms with Gasteiger partial charge in [0.2, 0.25) is 17.6 Å². The number of aliphatic hydroxyl groups is 1. The van der Waals surface area contributed by atoms with Crippen molar-refractivity contribution in [1.29, 1.82) is 0 Å². The summed E-state index contributed by atoms with van der Waals surface area (Å²) < 4.78 is 0. The molecule has 0 saturated heterocycles. The smallest absolute Gasteiger partial charge is 0.226 e. The normalized spacial score (nSPS) is 17.9. The number of nitrogens with zero attached hydrogens (tertiary/aromatic N) is 4. The number of anilines is 4. The average Bonchev–Trinajstić information content (AvgIpc) is 0.807. The molecular weight excluding hydrogens is 1080 g/mol. The fourth-order valence-electron chi connectivity index (χ4n) is 14.5. The van der Waals surface area contributed by atoms with Crippen LogP contribution in [0.1, 0.15) is 245 Å². The quantitative estimate of drug-likeness (QED) is 0.0646. The van der Waals surface area contributed by atoms with E-state index in [1.807, 2.05) is 26.0 Å². The number of rotatable bonds is 31. The van der Waals surface area contributed by atoms with Crippen molar-refractivity contribution in [3.8, 4) is 0 Å². The fraction of sp³-hybridized carbons (Fsp3) is 0.637. The van der Waals surface area contributed by atoms with E-state index >= 15 is 4.79 Å². The third kappa shape index (κ3) is 21.4. The van der Waals surface area contributed by atoms with Gasteiger partial charge in [-0.3, -0.25) is 14.4 Å². The largest absolute Gasteiger partial charge is 0.506 e. The predicted octanol–water partition coefficient (Wildman–Crippen LogP) is 21.3. The first-order chi connectivity index (χ1) is 41.1. The lowest BCUT2D eigenvalue weighted by Gasteiger charge is -2.40. The molecule has 2 aliphatic carbocycles. The van der Waals surface area contributed by atoms with Crippen LogP contribution in [0.15, 0.2) is 108 Å². The molecule has 3 aromatic carbocycles. The lowest BCUT2D eigenvalue weighted by molar-refractivity contribution is -0.127. The lowest BCUT2D eigenvalue weighted by Crippen LogP contribution is -2.41. The van der Waals surface area contributed by atoms with Gasteiger partial charge in [0.15, 0.2) is 0 Å². The highest BCUT2D eigenvalue weighted by atomic mass is 16.3. The number of Topliss-reactive ketones (excluding diaryl/α,β-unsaturated/α-hetero) is 1. The van der Waals surface area contributed by atoms with E-state index in [2.05, 4.69) is 207 Å². The van der Waals surface area contributed by atoms with E-state index in [0.29, 0.717) is 58.0 Å². The van der Waals surface area contributed by atoms with Crippen LogP contribution in [0.4, 0.5) is 22.7 Å². The van der Waals surface area contributed by atoms with Crippen molar-refractivity contribution in [2.24, 2.45) is 57.2 Å². The van der Waals surface area contributed by atoms with Crippen LogP contribution in [0.5, 0.6) is 0 Å². The Morgan fingerprint density at radius 3 is 1.43 bits per heavy atom. The highest BCUT2D eigenvalue weighted by Crippen LogP contribution is 2.47. The summed E-state index contributed by atoms with van der Waals surface area (Å²) in [5, 5.41) is 12.6. The summed E-state index contributed by atoms with van der Waals surface area (Å²) in [5.41, 5.74) is 9.16. The van der Waals surface area contributed by atoms with Crippen molar-refractivity contribution in [2.75, 3.05) is 41.9 Å². The summed E-state index contributed by atoms with van der Waals surface area (Å²) in [7, 11) is 3.58. The molecule has 0 radical (unpaired) electrons. The lowest BCUT2D eigenvalue weighted by atomic mass is 9.75. The van der Waals surface area contributed by atoms with Gasteiger partial charge < -0.3 is 24.7 Å². The van der Waals surface area contributed by atoms with Gasteiger partial charge in [0.1, 0.15) is 5.76 Å². The van der Waals surface area contributed by atoms with Gasteiger partial charge in [-0.25, -0.2) is 0 Å². The van der Waals surface area contributed by atoms with E-state index in [4.69, 9.17) is 0 Å². The Morgan fingerprint density at radius 1 is 0.545 bits per heavy atom. The SMILES string of the molecule is CCCCc1ccc(N(CC(CCC(C)CC(C)(C)C)C(C)CC(C)(C)C)c2ccc(C3=C(O)/C(=C4\C=CC(N(CC(CCC(C)CC(C)(C)C)C(C)CC(C)(C)C)c5ccc(CCCC)cc5)C=C4N(C)C(=O)CC)C3=O)c(N(C)C(=O)CC)c2)cc1. The molecule has 0 aliphatic heterocycles. The molecular formula is C80H124N4O4. The number of carbonyl (C=O) groups excluding carboxylic acids is 3. The van der Waals surface area contributed by atoms with Crippen LogP contribution in [-0.2, 0) is 27.2 Å². The second kappa shape index (κ2) is 32.1. The Labute approximate surface area is 538 Å². The van der Waals surface area contributed by atoms with E-state index in [-0.39, 0.29) is 75.0 Å². The highest BCUT2D eigenvalue weighted by molar-refractivity contribution is 6.40. The molecule has 0 aromatic heterocycles. The van der Waals surface area contributed by atoms with Gasteiger partial charge in [0.25, 0.3) is 0 Å². The zero-order valence-corrected chi connectivity index (χ0v) is 59.8. The van der Waals surface area contributed by atoms with Gasteiger partial charge in [-0.15, -0.1) is 0 Å². The molecule has 0 heterocycles. The second-order valence-corrected chi connectivity index (χ2v) is 32.3. The summed E-state index contributed by atoms with van der Waals surface area (Å²) in [6.07, 6.45) is 22.4. The average molecular weight is 1210 g/mol. The van der Waals surface area contributed by atoms with Crippen LogP contribution in [0.2, 0.25) is 0 Å². The molecule has 7 unspecified atom stereocenters. The number of amides is 2. The molecule has 7 atom stereocenters. The molecule has 0 bridgehead atoms. The molecule has 0 fully saturated rings. The second-order valence-electron chi connectivity index (χ2n) is 32.3. The maximum atomic E-state index is 15.3. The van der Waals surface area contributed by atoms with Crippen LogP contribution in [0.25, 0.3) is 5.57 Å². The molecule has 8 heteroatoms. The molecule has 8 nitrogen and oxygen atoms in total. The van der Waals surface area contributed by atoms with E-state index in [0.717, 1.165) is 107 Å². The van der Waals surface area contributed by atoms with Crippen molar-refractivity contribution >= 4 is 45.9 Å². The van der Waals surface area contributed by atoms with Crippen molar-refractivity contribution in [3.63, 3.8) is 0 Å². The minimum Gasteiger partial charge on any atom is -0.506 e. The van der Waals surface area contributed by atoms with E-state index in [9.17, 15) is 14.7 Å². The van der Waals surface area contributed by atoms with Crippen LogP contribution in [0.3, 0.4) is 0 Å². The van der Waals surface area contributed by atoms with E-state index in [1.165, 1.54) is 24.0 Å². The standard InChI is InChI=1S/C80H124N4O4/c1-23-27-29-59-33-39-63(40-34-59)83(53-61(57(7)51-79(15,16)17)37-31-55(5)49-77(9,10)11)65-43-45-67(69(47-65)81(21)71(85)25-3)73-75(87)74(76(73)88)68-46-44-66(48-70(68)82(22)72(86)26-4)84(64-41-35-60(36-42-64)30-28-24-2)54-62(58(8)52-80(18,19)20)38-32-56(6)50-78(12,13)14/h33-36,39-48,55-58,61-62,65,87H,23-32,37-38,49-54H2,1-22H3/b73-67-. The van der Waals surface area contributed by atoms with Crippen LogP contribution in [-0.4, -0.2) is 60.8 Å². The van der Waals surface area contributed by atoms with Crippen molar-refractivity contribution < 1.29 is 19.5 Å². The summed E-state index contributed by atoms with van der Waals surface area (Å²) in [6.45, 7) is 47.7. The van der Waals surface area contributed by atoms with Gasteiger partial charge in [-0.05, 0) is 181 Å². The number of benzene rings is 3. The van der Waals surface area contributed by atoms with Crippen LogP contribution in [0, 0.1) is 57.2 Å². The Bertz CT molecular complexity index is 2880. The highest BCUT2D eigenvalue weighted by Gasteiger charge is 2.42. The molecule has 0 saturated carbocycles. The Hall–Kier alpha value is -5.37. The molecule has 1 N–H and O–H groups in total. The van der Waals surface area contributed by atoms with Gasteiger partial charge in [-0.2, -0.15) is 0 Å². The monoisotopic (exact) mass is 1200 g/mol. The number of hydrogen-bond donors (Lipinski definition) is 1. The number of likely N-dealkylation sites (N-methyl/N-ethyl adjacent to an activating group) is 1. The predicted molar refractivity (Wildman–Crippen MR) is 379 cm³/mol. The minimum absolute atomic E-state index is 0.0857. The number of unbranched alkanes of at least 4 members (excludes halogenated alkanes) is 2. The number of allylic oxidation sites excluding steroid dienone is 3. The molecule has 5 rings (SSSR count).